The molecule has 1 N–H and O–H groups in total. The molecule has 0 saturated carbocycles. The third-order valence-electron chi connectivity index (χ3n) is 5.29. The van der Waals surface area contributed by atoms with E-state index < -0.39 is 0 Å². The predicted octanol–water partition coefficient (Wildman–Crippen LogP) is 4.90. The zero-order chi connectivity index (χ0) is 17.6. The molecule has 3 rings (SSSR count). The second-order valence-corrected chi connectivity index (χ2v) is 7.60. The number of rotatable bonds is 7. The maximum atomic E-state index is 5.88. The lowest BCUT2D eigenvalue weighted by Gasteiger charge is -2.32. The van der Waals surface area contributed by atoms with Gasteiger partial charge >= 0.3 is 0 Å². The lowest BCUT2D eigenvalue weighted by atomic mass is 9.91. The van der Waals surface area contributed by atoms with E-state index in [1.54, 1.807) is 6.26 Å². The van der Waals surface area contributed by atoms with Crippen LogP contribution in [0.1, 0.15) is 55.9 Å². The standard InChI is InChI=1S/C22H31NO2/c1-16(2)22-15-19(11-14-25-22)23-12-10-20(21-5-4-13-24-21)18-8-6-17(3)7-9-18/h4-9,13,16,19-20,22-23H,10-12,14-15H2,1-3H3/t19-,20+,22+/m1/s1. The Hall–Kier alpha value is -1.58. The molecule has 1 aliphatic rings. The molecule has 1 aliphatic heterocycles. The summed E-state index contributed by atoms with van der Waals surface area (Å²) in [6.07, 6.45) is 5.44. The molecular weight excluding hydrogens is 310 g/mol. The first-order valence-corrected chi connectivity index (χ1v) is 9.58. The van der Waals surface area contributed by atoms with Crippen molar-refractivity contribution in [1.29, 1.82) is 0 Å². The number of aryl methyl sites for hydroxylation is 1. The lowest BCUT2D eigenvalue weighted by Crippen LogP contribution is -2.41. The van der Waals surface area contributed by atoms with Gasteiger partial charge in [-0.05, 0) is 56.3 Å². The zero-order valence-electron chi connectivity index (χ0n) is 15.7. The number of furan rings is 1. The number of nitrogens with one attached hydrogen (secondary N) is 1. The van der Waals surface area contributed by atoms with Gasteiger partial charge in [-0.1, -0.05) is 43.7 Å². The Balaban J connectivity index is 1.59. The second-order valence-electron chi connectivity index (χ2n) is 7.60. The molecule has 3 nitrogen and oxygen atoms in total. The molecule has 0 amide bonds. The highest BCUT2D eigenvalue weighted by atomic mass is 16.5. The Labute approximate surface area is 151 Å². The molecule has 2 heterocycles. The molecule has 2 aromatic rings. The highest BCUT2D eigenvalue weighted by molar-refractivity contribution is 5.30. The van der Waals surface area contributed by atoms with Crippen LogP contribution in [0.4, 0.5) is 0 Å². The molecule has 1 aromatic carbocycles. The highest BCUT2D eigenvalue weighted by Gasteiger charge is 2.25. The molecule has 0 unspecified atom stereocenters. The SMILES string of the molecule is Cc1ccc([C@H](CCN[C@@H]2CCO[C@H](C(C)C)C2)c2ccco2)cc1. The maximum Gasteiger partial charge on any atom is 0.111 e. The van der Waals surface area contributed by atoms with E-state index in [2.05, 4.69) is 56.4 Å². The average molecular weight is 341 g/mol. The summed E-state index contributed by atoms with van der Waals surface area (Å²) in [5.41, 5.74) is 2.62. The summed E-state index contributed by atoms with van der Waals surface area (Å²) in [5.74, 6) is 1.95. The van der Waals surface area contributed by atoms with Crippen LogP contribution < -0.4 is 5.32 Å². The number of hydrogen-bond donors (Lipinski definition) is 1. The molecule has 0 spiro atoms. The van der Waals surface area contributed by atoms with Crippen LogP contribution in [0.15, 0.2) is 47.1 Å². The topological polar surface area (TPSA) is 34.4 Å². The largest absolute Gasteiger partial charge is 0.469 e. The van der Waals surface area contributed by atoms with Crippen LogP contribution in [0.3, 0.4) is 0 Å². The fraction of sp³-hybridized carbons (Fsp3) is 0.545. The van der Waals surface area contributed by atoms with Gasteiger partial charge in [-0.25, -0.2) is 0 Å². The van der Waals surface area contributed by atoms with E-state index in [1.807, 2.05) is 6.07 Å². The minimum atomic E-state index is 0.309. The van der Waals surface area contributed by atoms with Crippen molar-refractivity contribution in [2.24, 2.45) is 5.92 Å². The monoisotopic (exact) mass is 341 g/mol. The van der Waals surface area contributed by atoms with Crippen LogP contribution in [0.25, 0.3) is 0 Å². The third-order valence-corrected chi connectivity index (χ3v) is 5.29. The van der Waals surface area contributed by atoms with E-state index in [0.29, 0.717) is 24.0 Å². The smallest absolute Gasteiger partial charge is 0.111 e. The van der Waals surface area contributed by atoms with Gasteiger partial charge in [-0.15, -0.1) is 0 Å². The van der Waals surface area contributed by atoms with Crippen molar-refractivity contribution < 1.29 is 9.15 Å². The summed E-state index contributed by atoms with van der Waals surface area (Å²) < 4.78 is 11.6. The summed E-state index contributed by atoms with van der Waals surface area (Å²) in [4.78, 5) is 0. The normalized spacial score (nSPS) is 22.2. The van der Waals surface area contributed by atoms with Crippen LogP contribution >= 0.6 is 0 Å². The molecule has 1 aromatic heterocycles. The van der Waals surface area contributed by atoms with E-state index in [4.69, 9.17) is 9.15 Å². The van der Waals surface area contributed by atoms with E-state index >= 15 is 0 Å². The minimum Gasteiger partial charge on any atom is -0.469 e. The van der Waals surface area contributed by atoms with Gasteiger partial charge in [0, 0.05) is 18.6 Å². The summed E-state index contributed by atoms with van der Waals surface area (Å²) in [7, 11) is 0. The van der Waals surface area contributed by atoms with Gasteiger partial charge in [0.2, 0.25) is 0 Å². The fourth-order valence-corrected chi connectivity index (χ4v) is 3.67. The van der Waals surface area contributed by atoms with Crippen molar-refractivity contribution in [1.82, 2.24) is 5.32 Å². The molecule has 0 radical (unpaired) electrons. The van der Waals surface area contributed by atoms with E-state index in [1.165, 1.54) is 11.1 Å². The molecule has 1 fully saturated rings. The first-order valence-electron chi connectivity index (χ1n) is 9.58. The van der Waals surface area contributed by atoms with Crippen molar-refractivity contribution >= 4 is 0 Å². The van der Waals surface area contributed by atoms with Crippen molar-refractivity contribution in [3.05, 3.63) is 59.5 Å². The number of benzene rings is 1. The Kier molecular flexibility index (Phi) is 6.33. The Morgan fingerprint density at radius 2 is 1.96 bits per heavy atom. The zero-order valence-corrected chi connectivity index (χ0v) is 15.7. The first kappa shape index (κ1) is 18.2. The van der Waals surface area contributed by atoms with E-state index in [-0.39, 0.29) is 0 Å². The van der Waals surface area contributed by atoms with Gasteiger partial charge in [-0.3, -0.25) is 0 Å². The van der Waals surface area contributed by atoms with Crippen molar-refractivity contribution in [2.75, 3.05) is 13.2 Å². The summed E-state index contributed by atoms with van der Waals surface area (Å²) in [5, 5.41) is 3.76. The molecule has 25 heavy (non-hydrogen) atoms. The van der Waals surface area contributed by atoms with Gasteiger partial charge in [-0.2, -0.15) is 0 Å². The molecule has 0 bridgehead atoms. The fourth-order valence-electron chi connectivity index (χ4n) is 3.67. The minimum absolute atomic E-state index is 0.309. The van der Waals surface area contributed by atoms with E-state index in [0.717, 1.165) is 38.2 Å². The van der Waals surface area contributed by atoms with Crippen LogP contribution in [0.2, 0.25) is 0 Å². The molecule has 1 saturated heterocycles. The average Bonchev–Trinajstić information content (AvgIpc) is 3.14. The quantitative estimate of drug-likeness (QED) is 0.777. The van der Waals surface area contributed by atoms with E-state index in [9.17, 15) is 0 Å². The molecule has 3 atom stereocenters. The number of ether oxygens (including phenoxy) is 1. The van der Waals surface area contributed by atoms with Crippen molar-refractivity contribution in [2.45, 2.75) is 58.1 Å². The summed E-state index contributed by atoms with van der Waals surface area (Å²) >= 11 is 0. The third kappa shape index (κ3) is 4.96. The van der Waals surface area contributed by atoms with Gasteiger partial charge in [0.1, 0.15) is 5.76 Å². The highest BCUT2D eigenvalue weighted by Crippen LogP contribution is 2.28. The predicted molar refractivity (Wildman–Crippen MR) is 102 cm³/mol. The van der Waals surface area contributed by atoms with Gasteiger partial charge < -0.3 is 14.5 Å². The van der Waals surface area contributed by atoms with Gasteiger partial charge in [0.05, 0.1) is 12.4 Å². The molecule has 3 heteroatoms. The van der Waals surface area contributed by atoms with Crippen molar-refractivity contribution in [3.63, 3.8) is 0 Å². The molecular formula is C22H31NO2. The number of hydrogen-bond acceptors (Lipinski definition) is 3. The van der Waals surface area contributed by atoms with Crippen LogP contribution in [-0.4, -0.2) is 25.3 Å². The summed E-state index contributed by atoms with van der Waals surface area (Å²) in [6.45, 7) is 8.49. The summed E-state index contributed by atoms with van der Waals surface area (Å²) in [6, 6.07) is 13.5. The molecule has 0 aliphatic carbocycles. The first-order chi connectivity index (χ1) is 12.1. The molecule has 136 valence electrons. The maximum absolute atomic E-state index is 5.88. The van der Waals surface area contributed by atoms with Gasteiger partial charge in [0.15, 0.2) is 0 Å². The Morgan fingerprint density at radius 1 is 1.16 bits per heavy atom. The van der Waals surface area contributed by atoms with Crippen LogP contribution in [-0.2, 0) is 4.74 Å². The second kappa shape index (κ2) is 8.68. The Morgan fingerprint density at radius 3 is 2.64 bits per heavy atom. The van der Waals surface area contributed by atoms with Crippen LogP contribution in [0, 0.1) is 12.8 Å². The Bertz CT molecular complexity index is 618. The van der Waals surface area contributed by atoms with Crippen LogP contribution in [0.5, 0.6) is 0 Å². The lowest BCUT2D eigenvalue weighted by molar-refractivity contribution is -0.0243. The van der Waals surface area contributed by atoms with Crippen molar-refractivity contribution in [3.8, 4) is 0 Å². The van der Waals surface area contributed by atoms with Gasteiger partial charge in [0.25, 0.3) is 0 Å².